The Bertz CT molecular complexity index is 1200. The maximum atomic E-state index is 14.6. The molecule has 172 valence electrons. The van der Waals surface area contributed by atoms with Crippen LogP contribution in [0.25, 0.3) is 0 Å². The molecule has 3 aromatic rings. The smallest absolute Gasteiger partial charge is 0.256 e. The van der Waals surface area contributed by atoms with E-state index >= 15 is 0 Å². The zero-order valence-electron chi connectivity index (χ0n) is 17.6. The molecule has 33 heavy (non-hydrogen) atoms. The number of benzene rings is 3. The van der Waals surface area contributed by atoms with Gasteiger partial charge in [0.2, 0.25) is 0 Å². The second-order valence-corrected chi connectivity index (χ2v) is 8.14. The number of β-amino-alcohol motifs (C(OH)–C–C–N with tert-alkyl or cyclic N) is 1. The van der Waals surface area contributed by atoms with Crippen LogP contribution < -0.4 is 10.6 Å². The minimum Gasteiger partial charge on any atom is -0.384 e. The van der Waals surface area contributed by atoms with Gasteiger partial charge in [0.05, 0.1) is 30.0 Å². The summed E-state index contributed by atoms with van der Waals surface area (Å²) in [6.45, 7) is 1.66. The molecule has 3 N–H and O–H groups in total. The van der Waals surface area contributed by atoms with Crippen LogP contribution in [0.4, 0.5) is 34.6 Å². The zero-order valence-corrected chi connectivity index (χ0v) is 17.6. The van der Waals surface area contributed by atoms with Crippen molar-refractivity contribution in [2.24, 2.45) is 0 Å². The van der Waals surface area contributed by atoms with E-state index in [0.29, 0.717) is 11.3 Å². The quantitative estimate of drug-likeness (QED) is 0.472. The molecule has 1 aliphatic rings. The fourth-order valence-electron chi connectivity index (χ4n) is 3.63. The highest BCUT2D eigenvalue weighted by Crippen LogP contribution is 2.31. The third kappa shape index (κ3) is 4.78. The minimum atomic E-state index is -1.31. The summed E-state index contributed by atoms with van der Waals surface area (Å²) >= 11 is 0. The van der Waals surface area contributed by atoms with Crippen molar-refractivity contribution < 1.29 is 27.5 Å². The molecule has 0 spiro atoms. The number of hydrogen-bond acceptors (Lipinski definition) is 4. The molecule has 0 saturated carbocycles. The SMILES string of the molecule is Cc1ccc(Nc2c(C(=O)N3CC(O)(CNc4ccc(F)cc4)C3)ccc(F)c2F)c(F)c1. The molecule has 1 heterocycles. The van der Waals surface area contributed by atoms with Gasteiger partial charge in [0, 0.05) is 12.2 Å². The van der Waals surface area contributed by atoms with Crippen molar-refractivity contribution >= 4 is 23.0 Å². The first kappa shape index (κ1) is 22.6. The lowest BCUT2D eigenvalue weighted by atomic mass is 9.92. The number of rotatable bonds is 6. The average molecular weight is 459 g/mol. The Morgan fingerprint density at radius 3 is 2.36 bits per heavy atom. The van der Waals surface area contributed by atoms with Gasteiger partial charge in [-0.25, -0.2) is 17.6 Å². The molecule has 5 nitrogen and oxygen atoms in total. The Balaban J connectivity index is 1.48. The largest absolute Gasteiger partial charge is 0.384 e. The second-order valence-electron chi connectivity index (χ2n) is 8.14. The number of nitrogens with zero attached hydrogens (tertiary/aromatic N) is 1. The molecular formula is C24H21F4N3O2. The van der Waals surface area contributed by atoms with Crippen LogP contribution in [0.3, 0.4) is 0 Å². The van der Waals surface area contributed by atoms with Gasteiger partial charge in [0.1, 0.15) is 17.2 Å². The van der Waals surface area contributed by atoms with Crippen molar-refractivity contribution in [3.63, 3.8) is 0 Å². The van der Waals surface area contributed by atoms with Crippen molar-refractivity contribution in [2.75, 3.05) is 30.3 Å². The molecule has 1 saturated heterocycles. The van der Waals surface area contributed by atoms with Gasteiger partial charge in [-0.1, -0.05) is 6.07 Å². The van der Waals surface area contributed by atoms with Crippen LogP contribution in [-0.4, -0.2) is 41.1 Å². The lowest BCUT2D eigenvalue weighted by molar-refractivity contribution is -0.0706. The predicted molar refractivity (Wildman–Crippen MR) is 117 cm³/mol. The number of likely N-dealkylation sites (tertiary alicyclic amines) is 1. The summed E-state index contributed by atoms with van der Waals surface area (Å²) in [7, 11) is 0. The Morgan fingerprint density at radius 2 is 1.70 bits per heavy atom. The predicted octanol–water partition coefficient (Wildman–Crippen LogP) is 4.59. The van der Waals surface area contributed by atoms with E-state index in [-0.39, 0.29) is 36.7 Å². The first-order valence-corrected chi connectivity index (χ1v) is 10.2. The highest BCUT2D eigenvalue weighted by Gasteiger charge is 2.44. The summed E-state index contributed by atoms with van der Waals surface area (Å²) in [6, 6.07) is 11.7. The van der Waals surface area contributed by atoms with Crippen LogP contribution in [0.2, 0.25) is 0 Å². The van der Waals surface area contributed by atoms with Crippen molar-refractivity contribution in [3.8, 4) is 0 Å². The Morgan fingerprint density at radius 1 is 1.00 bits per heavy atom. The van der Waals surface area contributed by atoms with Crippen molar-refractivity contribution in [3.05, 3.63) is 89.0 Å². The van der Waals surface area contributed by atoms with Crippen LogP contribution in [-0.2, 0) is 0 Å². The number of carbonyl (C=O) groups is 1. The van der Waals surface area contributed by atoms with Gasteiger partial charge in [-0.15, -0.1) is 0 Å². The van der Waals surface area contributed by atoms with Gasteiger partial charge < -0.3 is 20.6 Å². The Kier molecular flexibility index (Phi) is 5.99. The molecule has 4 rings (SSSR count). The molecule has 0 unspecified atom stereocenters. The molecule has 1 fully saturated rings. The van der Waals surface area contributed by atoms with Gasteiger partial charge in [-0.05, 0) is 61.0 Å². The molecular weight excluding hydrogens is 438 g/mol. The van der Waals surface area contributed by atoms with E-state index in [4.69, 9.17) is 0 Å². The third-order valence-corrected chi connectivity index (χ3v) is 5.43. The monoisotopic (exact) mass is 459 g/mol. The van der Waals surface area contributed by atoms with Crippen molar-refractivity contribution in [1.29, 1.82) is 0 Å². The second kappa shape index (κ2) is 8.74. The van der Waals surface area contributed by atoms with E-state index in [1.807, 2.05) is 0 Å². The van der Waals surface area contributed by atoms with E-state index in [1.54, 1.807) is 13.0 Å². The van der Waals surface area contributed by atoms with E-state index in [0.717, 1.165) is 12.1 Å². The minimum absolute atomic E-state index is 0.0582. The van der Waals surface area contributed by atoms with Gasteiger partial charge in [0.15, 0.2) is 11.6 Å². The molecule has 1 aliphatic heterocycles. The van der Waals surface area contributed by atoms with Gasteiger partial charge in [-0.2, -0.15) is 0 Å². The van der Waals surface area contributed by atoms with Crippen LogP contribution >= 0.6 is 0 Å². The van der Waals surface area contributed by atoms with Crippen LogP contribution in [0.15, 0.2) is 54.6 Å². The summed E-state index contributed by atoms with van der Waals surface area (Å²) in [4.78, 5) is 14.2. The first-order valence-electron chi connectivity index (χ1n) is 10.2. The maximum absolute atomic E-state index is 14.6. The number of aryl methyl sites for hydroxylation is 1. The van der Waals surface area contributed by atoms with Crippen molar-refractivity contribution in [2.45, 2.75) is 12.5 Å². The number of aliphatic hydroxyl groups is 1. The third-order valence-electron chi connectivity index (χ3n) is 5.43. The number of nitrogens with one attached hydrogen (secondary N) is 2. The number of halogens is 4. The van der Waals surface area contributed by atoms with Crippen molar-refractivity contribution in [1.82, 2.24) is 4.90 Å². The van der Waals surface area contributed by atoms with Gasteiger partial charge in [0.25, 0.3) is 5.91 Å². The van der Waals surface area contributed by atoms with E-state index in [9.17, 15) is 27.5 Å². The topological polar surface area (TPSA) is 64.6 Å². The molecule has 0 aromatic heterocycles. The average Bonchev–Trinajstić information content (AvgIpc) is 2.76. The first-order chi connectivity index (χ1) is 15.6. The standard InChI is InChI=1S/C24H21F4N3O2/c1-14-2-9-20(19(27)10-14)30-22-17(7-8-18(26)21(22)28)23(32)31-12-24(33,13-31)11-29-16-5-3-15(25)4-6-16/h2-10,29-30,33H,11-13H2,1H3. The molecule has 1 amide bonds. The number of amides is 1. The van der Waals surface area contributed by atoms with Crippen LogP contribution in [0.5, 0.6) is 0 Å². The molecule has 3 aromatic carbocycles. The lowest BCUT2D eigenvalue weighted by Gasteiger charge is -2.46. The molecule has 9 heteroatoms. The maximum Gasteiger partial charge on any atom is 0.256 e. The van der Waals surface area contributed by atoms with Gasteiger partial charge >= 0.3 is 0 Å². The molecule has 0 bridgehead atoms. The highest BCUT2D eigenvalue weighted by atomic mass is 19.2. The molecule has 0 atom stereocenters. The summed E-state index contributed by atoms with van der Waals surface area (Å²) < 4.78 is 55.7. The summed E-state index contributed by atoms with van der Waals surface area (Å²) in [5.74, 6) is -4.21. The Hall–Kier alpha value is -3.59. The number of carbonyl (C=O) groups excluding carboxylic acids is 1. The fourth-order valence-corrected chi connectivity index (χ4v) is 3.63. The Labute approximate surface area is 187 Å². The summed E-state index contributed by atoms with van der Waals surface area (Å²) in [6.07, 6.45) is 0. The number of anilines is 3. The highest BCUT2D eigenvalue weighted by molar-refractivity contribution is 6.01. The lowest BCUT2D eigenvalue weighted by Crippen LogP contribution is -2.66. The van der Waals surface area contributed by atoms with Crippen LogP contribution in [0.1, 0.15) is 15.9 Å². The van der Waals surface area contributed by atoms with Crippen LogP contribution in [0, 0.1) is 30.2 Å². The zero-order chi connectivity index (χ0) is 23.8. The number of hydrogen-bond donors (Lipinski definition) is 3. The molecule has 0 aliphatic carbocycles. The van der Waals surface area contributed by atoms with E-state index in [1.165, 1.54) is 41.3 Å². The normalized spacial score (nSPS) is 14.5. The van der Waals surface area contributed by atoms with Gasteiger partial charge in [-0.3, -0.25) is 4.79 Å². The summed E-state index contributed by atoms with van der Waals surface area (Å²) in [5, 5.41) is 16.1. The molecule has 0 radical (unpaired) electrons. The van der Waals surface area contributed by atoms with E-state index in [2.05, 4.69) is 10.6 Å². The summed E-state index contributed by atoms with van der Waals surface area (Å²) in [5.41, 5.74) is -0.794. The van der Waals surface area contributed by atoms with E-state index < -0.39 is 34.6 Å². The fraction of sp³-hybridized carbons (Fsp3) is 0.208.